The monoisotopic (exact) mass is 254 g/mol. The van der Waals surface area contributed by atoms with E-state index in [0.29, 0.717) is 25.4 Å². The molecule has 0 aromatic rings. The summed E-state index contributed by atoms with van der Waals surface area (Å²) < 4.78 is 0. The molecule has 1 atom stereocenters. The van der Waals surface area contributed by atoms with E-state index in [0.717, 1.165) is 19.3 Å². The van der Waals surface area contributed by atoms with Crippen LogP contribution in [0, 0.1) is 11.3 Å². The third-order valence-corrected chi connectivity index (χ3v) is 4.51. The van der Waals surface area contributed by atoms with Crippen LogP contribution in [0.15, 0.2) is 0 Å². The van der Waals surface area contributed by atoms with Gasteiger partial charge in [-0.2, -0.15) is 0 Å². The summed E-state index contributed by atoms with van der Waals surface area (Å²) in [6, 6.07) is -0.856. The van der Waals surface area contributed by atoms with Gasteiger partial charge in [0.1, 0.15) is 6.04 Å². The molecule has 1 aliphatic heterocycles. The number of urea groups is 1. The van der Waals surface area contributed by atoms with E-state index in [1.807, 2.05) is 0 Å². The van der Waals surface area contributed by atoms with Crippen LogP contribution in [0.1, 0.15) is 39.5 Å². The lowest BCUT2D eigenvalue weighted by atomic mass is 9.92. The number of likely N-dealkylation sites (tertiary alicyclic amines) is 1. The standard InChI is InChI=1S/C13H22N2O3/c1-9(2)13(5-6-13)8-14-12(18)15-7-3-4-10(15)11(16)17/h9-10H,3-8H2,1-2H3,(H,14,18)(H,16,17)/t10-/m0/s1. The number of carboxylic acids is 1. The molecule has 0 unspecified atom stereocenters. The summed E-state index contributed by atoms with van der Waals surface area (Å²) in [5.41, 5.74) is 0.258. The van der Waals surface area contributed by atoms with E-state index in [2.05, 4.69) is 19.2 Å². The predicted molar refractivity (Wildman–Crippen MR) is 67.3 cm³/mol. The van der Waals surface area contributed by atoms with Crippen LogP contribution in [0.3, 0.4) is 0 Å². The van der Waals surface area contributed by atoms with Gasteiger partial charge in [0.15, 0.2) is 0 Å². The van der Waals surface area contributed by atoms with Crippen LogP contribution in [0.25, 0.3) is 0 Å². The second-order valence-corrected chi connectivity index (χ2v) is 5.87. The molecule has 2 amide bonds. The van der Waals surface area contributed by atoms with Gasteiger partial charge in [-0.1, -0.05) is 13.8 Å². The summed E-state index contributed by atoms with van der Waals surface area (Å²) in [4.78, 5) is 24.5. The molecule has 0 radical (unpaired) electrons. The molecule has 18 heavy (non-hydrogen) atoms. The highest BCUT2D eigenvalue weighted by Gasteiger charge is 2.46. The minimum Gasteiger partial charge on any atom is -0.480 e. The quantitative estimate of drug-likeness (QED) is 0.802. The first kappa shape index (κ1) is 13.2. The number of carbonyl (C=O) groups excluding carboxylic acids is 1. The molecule has 2 rings (SSSR count). The van der Waals surface area contributed by atoms with Crippen LogP contribution in [-0.4, -0.2) is 41.1 Å². The highest BCUT2D eigenvalue weighted by Crippen LogP contribution is 2.51. The lowest BCUT2D eigenvalue weighted by molar-refractivity contribution is -0.141. The minimum absolute atomic E-state index is 0.216. The van der Waals surface area contributed by atoms with Crippen molar-refractivity contribution < 1.29 is 14.7 Å². The second kappa shape index (κ2) is 4.78. The Labute approximate surface area is 108 Å². The molecule has 1 saturated carbocycles. The van der Waals surface area contributed by atoms with Crippen molar-refractivity contribution in [2.75, 3.05) is 13.1 Å². The normalized spacial score (nSPS) is 25.3. The predicted octanol–water partition coefficient (Wildman–Crippen LogP) is 1.68. The molecule has 5 heteroatoms. The van der Waals surface area contributed by atoms with Crippen molar-refractivity contribution in [3.05, 3.63) is 0 Å². The lowest BCUT2D eigenvalue weighted by Gasteiger charge is -2.25. The maximum Gasteiger partial charge on any atom is 0.326 e. The fraction of sp³-hybridized carbons (Fsp3) is 0.846. The number of hydrogen-bond acceptors (Lipinski definition) is 2. The fourth-order valence-corrected chi connectivity index (χ4v) is 2.74. The maximum atomic E-state index is 12.0. The maximum absolute atomic E-state index is 12.0. The van der Waals surface area contributed by atoms with Gasteiger partial charge in [0.25, 0.3) is 0 Å². The third kappa shape index (κ3) is 2.44. The van der Waals surface area contributed by atoms with Crippen LogP contribution in [0.4, 0.5) is 4.79 Å². The summed E-state index contributed by atoms with van der Waals surface area (Å²) in [6.07, 6.45) is 3.67. The Balaban J connectivity index is 1.87. The highest BCUT2D eigenvalue weighted by molar-refractivity contribution is 5.83. The van der Waals surface area contributed by atoms with Crippen LogP contribution in [-0.2, 0) is 4.79 Å². The van der Waals surface area contributed by atoms with Crippen LogP contribution in [0.5, 0.6) is 0 Å². The number of hydrogen-bond donors (Lipinski definition) is 2. The van der Waals surface area contributed by atoms with E-state index in [-0.39, 0.29) is 11.4 Å². The number of rotatable bonds is 4. The van der Waals surface area contributed by atoms with Crippen LogP contribution < -0.4 is 5.32 Å². The Kier molecular flexibility index (Phi) is 3.50. The summed E-state index contributed by atoms with van der Waals surface area (Å²) in [6.45, 7) is 5.58. The summed E-state index contributed by atoms with van der Waals surface area (Å²) in [5, 5.41) is 12.0. The first-order valence-electron chi connectivity index (χ1n) is 6.73. The van der Waals surface area contributed by atoms with Gasteiger partial charge < -0.3 is 15.3 Å². The van der Waals surface area contributed by atoms with E-state index in [1.54, 1.807) is 0 Å². The molecule has 2 N–H and O–H groups in total. The molecule has 2 fully saturated rings. The molecular weight excluding hydrogens is 232 g/mol. The molecule has 0 spiro atoms. The summed E-state index contributed by atoms with van der Waals surface area (Å²) in [7, 11) is 0. The zero-order valence-electron chi connectivity index (χ0n) is 11.1. The first-order valence-corrected chi connectivity index (χ1v) is 6.73. The van der Waals surface area contributed by atoms with E-state index in [9.17, 15) is 9.59 Å². The van der Waals surface area contributed by atoms with E-state index in [4.69, 9.17) is 5.11 Å². The van der Waals surface area contributed by atoms with Crippen molar-refractivity contribution in [1.82, 2.24) is 10.2 Å². The Morgan fingerprint density at radius 3 is 2.61 bits per heavy atom. The molecule has 0 aromatic heterocycles. The summed E-state index contributed by atoms with van der Waals surface area (Å²) in [5.74, 6) is -0.334. The van der Waals surface area contributed by atoms with E-state index in [1.165, 1.54) is 4.90 Å². The summed E-state index contributed by atoms with van der Waals surface area (Å²) >= 11 is 0. The largest absolute Gasteiger partial charge is 0.480 e. The van der Waals surface area contributed by atoms with Crippen LogP contribution >= 0.6 is 0 Å². The average Bonchev–Trinajstić information content (AvgIpc) is 2.94. The fourth-order valence-electron chi connectivity index (χ4n) is 2.74. The van der Waals surface area contributed by atoms with Gasteiger partial charge in [-0.15, -0.1) is 0 Å². The molecule has 2 aliphatic rings. The SMILES string of the molecule is CC(C)C1(CNC(=O)N2CCC[C@H]2C(=O)O)CC1. The number of nitrogens with zero attached hydrogens (tertiary/aromatic N) is 1. The molecule has 0 aromatic carbocycles. The molecule has 5 nitrogen and oxygen atoms in total. The van der Waals surface area contributed by atoms with E-state index < -0.39 is 12.0 Å². The van der Waals surface area contributed by atoms with Gasteiger partial charge >= 0.3 is 12.0 Å². The van der Waals surface area contributed by atoms with Gasteiger partial charge in [-0.25, -0.2) is 9.59 Å². The van der Waals surface area contributed by atoms with Crippen molar-refractivity contribution in [2.24, 2.45) is 11.3 Å². The van der Waals surface area contributed by atoms with Gasteiger partial charge in [0, 0.05) is 13.1 Å². The van der Waals surface area contributed by atoms with Crippen molar-refractivity contribution >= 4 is 12.0 Å². The molecule has 1 saturated heterocycles. The number of carboxylic acid groups (broad SMARTS) is 1. The topological polar surface area (TPSA) is 69.6 Å². The number of nitrogens with one attached hydrogen (secondary N) is 1. The van der Waals surface area contributed by atoms with Crippen molar-refractivity contribution in [1.29, 1.82) is 0 Å². The zero-order chi connectivity index (χ0) is 13.3. The highest BCUT2D eigenvalue weighted by atomic mass is 16.4. The number of aliphatic carboxylic acids is 1. The molecule has 102 valence electrons. The zero-order valence-corrected chi connectivity index (χ0v) is 11.1. The molecule has 1 heterocycles. The van der Waals surface area contributed by atoms with E-state index >= 15 is 0 Å². The second-order valence-electron chi connectivity index (χ2n) is 5.87. The van der Waals surface area contributed by atoms with Gasteiger partial charge in [0.2, 0.25) is 0 Å². The van der Waals surface area contributed by atoms with Gasteiger partial charge in [-0.3, -0.25) is 0 Å². The Hall–Kier alpha value is -1.26. The smallest absolute Gasteiger partial charge is 0.326 e. The Morgan fingerprint density at radius 2 is 2.11 bits per heavy atom. The molecular formula is C13H22N2O3. The Morgan fingerprint density at radius 1 is 1.44 bits per heavy atom. The van der Waals surface area contributed by atoms with Gasteiger partial charge in [-0.05, 0) is 37.0 Å². The van der Waals surface area contributed by atoms with Crippen molar-refractivity contribution in [3.63, 3.8) is 0 Å². The minimum atomic E-state index is -0.896. The average molecular weight is 254 g/mol. The number of carbonyl (C=O) groups is 2. The molecule has 0 bridgehead atoms. The Bertz CT molecular complexity index is 350. The first-order chi connectivity index (χ1) is 8.46. The van der Waals surface area contributed by atoms with Crippen molar-refractivity contribution in [2.45, 2.75) is 45.6 Å². The number of amides is 2. The van der Waals surface area contributed by atoms with Crippen molar-refractivity contribution in [3.8, 4) is 0 Å². The molecule has 1 aliphatic carbocycles. The lowest BCUT2D eigenvalue weighted by Crippen LogP contribution is -2.47. The third-order valence-electron chi connectivity index (χ3n) is 4.51. The van der Waals surface area contributed by atoms with Crippen LogP contribution in [0.2, 0.25) is 0 Å². The van der Waals surface area contributed by atoms with Gasteiger partial charge in [0.05, 0.1) is 0 Å².